The van der Waals surface area contributed by atoms with E-state index in [1.807, 2.05) is 24.1 Å². The highest BCUT2D eigenvalue weighted by Crippen LogP contribution is 2.27. The van der Waals surface area contributed by atoms with Gasteiger partial charge in [-0.1, -0.05) is 15.9 Å². The normalized spacial score (nSPS) is 21.5. The zero-order valence-electron chi connectivity index (χ0n) is 9.93. The predicted octanol–water partition coefficient (Wildman–Crippen LogP) is 1.94. The number of hydrogen-bond donors (Lipinski definition) is 0. The number of anilines is 1. The maximum absolute atomic E-state index is 11.5. The third-order valence-electron chi connectivity index (χ3n) is 3.22. The molecule has 18 heavy (non-hydrogen) atoms. The fourth-order valence-electron chi connectivity index (χ4n) is 2.18. The van der Waals surface area contributed by atoms with Gasteiger partial charge in [-0.05, 0) is 24.6 Å². The van der Waals surface area contributed by atoms with Crippen molar-refractivity contribution in [1.29, 1.82) is 5.26 Å². The molecule has 1 fully saturated rings. The Balaban J connectivity index is 2.30. The van der Waals surface area contributed by atoms with Crippen LogP contribution in [0.5, 0.6) is 0 Å². The van der Waals surface area contributed by atoms with E-state index in [0.29, 0.717) is 12.0 Å². The lowest BCUT2D eigenvalue weighted by atomic mass is 10.1. The summed E-state index contributed by atoms with van der Waals surface area (Å²) in [6, 6.07) is 7.55. The maximum Gasteiger partial charge on any atom is 0.152 e. The van der Waals surface area contributed by atoms with Crippen molar-refractivity contribution in [2.75, 3.05) is 23.5 Å². The Labute approximate surface area is 115 Å². The summed E-state index contributed by atoms with van der Waals surface area (Å²) < 4.78 is 23.8. The minimum atomic E-state index is -2.91. The van der Waals surface area contributed by atoms with Crippen LogP contribution in [0.1, 0.15) is 12.0 Å². The second kappa shape index (κ2) is 4.90. The molecule has 0 bridgehead atoms. The average molecular weight is 329 g/mol. The Kier molecular flexibility index (Phi) is 3.64. The first-order valence-corrected chi connectivity index (χ1v) is 8.17. The Morgan fingerprint density at radius 1 is 1.50 bits per heavy atom. The summed E-state index contributed by atoms with van der Waals surface area (Å²) in [5, 5.41) is 9.12. The Bertz CT molecular complexity index is 607. The fraction of sp³-hybridized carbons (Fsp3) is 0.417. The van der Waals surface area contributed by atoms with Crippen LogP contribution in [0.2, 0.25) is 0 Å². The lowest BCUT2D eigenvalue weighted by molar-refractivity contribution is 0.601. The molecular formula is C12H13BrN2O2S. The molecule has 96 valence electrons. The quantitative estimate of drug-likeness (QED) is 0.832. The Hall–Kier alpha value is -1.06. The van der Waals surface area contributed by atoms with Crippen LogP contribution in [0.4, 0.5) is 5.69 Å². The predicted molar refractivity (Wildman–Crippen MR) is 74.3 cm³/mol. The van der Waals surface area contributed by atoms with Gasteiger partial charge in [0.2, 0.25) is 0 Å². The van der Waals surface area contributed by atoms with Gasteiger partial charge in [-0.2, -0.15) is 5.26 Å². The van der Waals surface area contributed by atoms with E-state index in [4.69, 9.17) is 5.26 Å². The smallest absolute Gasteiger partial charge is 0.152 e. The van der Waals surface area contributed by atoms with E-state index in [9.17, 15) is 8.42 Å². The van der Waals surface area contributed by atoms with Crippen molar-refractivity contribution in [3.05, 3.63) is 28.2 Å². The van der Waals surface area contributed by atoms with Gasteiger partial charge in [-0.15, -0.1) is 0 Å². The van der Waals surface area contributed by atoms with Crippen LogP contribution in [0.3, 0.4) is 0 Å². The first-order chi connectivity index (χ1) is 8.43. The second-order valence-electron chi connectivity index (χ2n) is 4.44. The molecule has 4 nitrogen and oxygen atoms in total. The SMILES string of the molecule is CN(c1ccc(Br)cc1C#N)C1CCS(=O)(=O)C1. The number of hydrogen-bond acceptors (Lipinski definition) is 4. The molecule has 0 spiro atoms. The summed E-state index contributed by atoms with van der Waals surface area (Å²) in [5.74, 6) is 0.408. The topological polar surface area (TPSA) is 61.2 Å². The van der Waals surface area contributed by atoms with Crippen LogP contribution in [0.25, 0.3) is 0 Å². The summed E-state index contributed by atoms with van der Waals surface area (Å²) in [4.78, 5) is 1.90. The molecule has 6 heteroatoms. The number of rotatable bonds is 2. The minimum Gasteiger partial charge on any atom is -0.369 e. The van der Waals surface area contributed by atoms with E-state index in [1.165, 1.54) is 0 Å². The third-order valence-corrected chi connectivity index (χ3v) is 5.46. The van der Waals surface area contributed by atoms with Crippen molar-refractivity contribution in [1.82, 2.24) is 0 Å². The van der Waals surface area contributed by atoms with Crippen molar-refractivity contribution in [3.8, 4) is 6.07 Å². The Morgan fingerprint density at radius 2 is 2.22 bits per heavy atom. The van der Waals surface area contributed by atoms with E-state index in [2.05, 4.69) is 22.0 Å². The largest absolute Gasteiger partial charge is 0.369 e. The molecule has 1 aliphatic heterocycles. The van der Waals surface area contributed by atoms with Crippen molar-refractivity contribution in [2.24, 2.45) is 0 Å². The molecule has 0 radical (unpaired) electrons. The van der Waals surface area contributed by atoms with E-state index in [-0.39, 0.29) is 17.5 Å². The van der Waals surface area contributed by atoms with Crippen LogP contribution < -0.4 is 4.90 Å². The molecule has 1 saturated heterocycles. The molecular weight excluding hydrogens is 316 g/mol. The monoisotopic (exact) mass is 328 g/mol. The molecule has 0 aliphatic carbocycles. The van der Waals surface area contributed by atoms with Gasteiger partial charge in [0, 0.05) is 17.6 Å². The molecule has 1 unspecified atom stereocenters. The first kappa shape index (κ1) is 13.4. The number of sulfone groups is 1. The number of halogens is 1. The third kappa shape index (κ3) is 2.68. The average Bonchev–Trinajstić information content (AvgIpc) is 2.68. The highest BCUT2D eigenvalue weighted by molar-refractivity contribution is 9.10. The highest BCUT2D eigenvalue weighted by Gasteiger charge is 2.31. The van der Waals surface area contributed by atoms with E-state index in [1.54, 1.807) is 6.07 Å². The molecule has 2 rings (SSSR count). The summed E-state index contributed by atoms with van der Waals surface area (Å²) in [6.45, 7) is 0. The van der Waals surface area contributed by atoms with Gasteiger partial charge >= 0.3 is 0 Å². The molecule has 0 saturated carbocycles. The van der Waals surface area contributed by atoms with E-state index in [0.717, 1.165) is 10.2 Å². The molecule has 0 N–H and O–H groups in total. The van der Waals surface area contributed by atoms with Gasteiger partial charge in [-0.25, -0.2) is 8.42 Å². The van der Waals surface area contributed by atoms with Crippen LogP contribution in [0.15, 0.2) is 22.7 Å². The number of nitrogens with zero attached hydrogens (tertiary/aromatic N) is 2. The van der Waals surface area contributed by atoms with Crippen LogP contribution >= 0.6 is 15.9 Å². The Morgan fingerprint density at radius 3 is 2.78 bits per heavy atom. The van der Waals surface area contributed by atoms with Gasteiger partial charge in [0.25, 0.3) is 0 Å². The van der Waals surface area contributed by atoms with Gasteiger partial charge in [0.1, 0.15) is 6.07 Å². The van der Waals surface area contributed by atoms with Crippen LogP contribution in [-0.4, -0.2) is 33.0 Å². The zero-order valence-corrected chi connectivity index (χ0v) is 12.3. The molecule has 0 amide bonds. The van der Waals surface area contributed by atoms with Crippen molar-refractivity contribution < 1.29 is 8.42 Å². The van der Waals surface area contributed by atoms with Gasteiger partial charge in [0.05, 0.1) is 22.8 Å². The minimum absolute atomic E-state index is 0.0386. The number of nitriles is 1. The summed E-state index contributed by atoms with van der Waals surface area (Å²) in [5.41, 5.74) is 1.33. The molecule has 1 aliphatic rings. The molecule has 0 aromatic heterocycles. The van der Waals surface area contributed by atoms with E-state index < -0.39 is 9.84 Å². The fourth-order valence-corrected chi connectivity index (χ4v) is 4.32. The molecule has 1 aromatic carbocycles. The van der Waals surface area contributed by atoms with E-state index >= 15 is 0 Å². The van der Waals surface area contributed by atoms with Gasteiger partial charge in [-0.3, -0.25) is 0 Å². The summed E-state index contributed by atoms with van der Waals surface area (Å²) >= 11 is 3.32. The second-order valence-corrected chi connectivity index (χ2v) is 7.59. The zero-order chi connectivity index (χ0) is 13.3. The highest BCUT2D eigenvalue weighted by atomic mass is 79.9. The maximum atomic E-state index is 11.5. The summed E-state index contributed by atoms with van der Waals surface area (Å²) in [7, 11) is -1.07. The molecule has 1 atom stereocenters. The number of benzene rings is 1. The van der Waals surface area contributed by atoms with Crippen molar-refractivity contribution >= 4 is 31.5 Å². The van der Waals surface area contributed by atoms with Crippen molar-refractivity contribution in [2.45, 2.75) is 12.5 Å². The molecule has 1 aromatic rings. The first-order valence-electron chi connectivity index (χ1n) is 5.56. The van der Waals surface area contributed by atoms with Crippen LogP contribution in [0, 0.1) is 11.3 Å². The lowest BCUT2D eigenvalue weighted by Gasteiger charge is -2.26. The standard InChI is InChI=1S/C12H13BrN2O2S/c1-15(11-4-5-18(16,17)8-11)12-3-2-10(13)6-9(12)7-14/h2-3,6,11H,4-5,8H2,1H3. The van der Waals surface area contributed by atoms with Crippen molar-refractivity contribution in [3.63, 3.8) is 0 Å². The van der Waals surface area contributed by atoms with Gasteiger partial charge < -0.3 is 4.90 Å². The molecule has 1 heterocycles. The van der Waals surface area contributed by atoms with Crippen LogP contribution in [-0.2, 0) is 9.84 Å². The van der Waals surface area contributed by atoms with Gasteiger partial charge in [0.15, 0.2) is 9.84 Å². The lowest BCUT2D eigenvalue weighted by Crippen LogP contribution is -2.33. The summed E-state index contributed by atoms with van der Waals surface area (Å²) in [6.07, 6.45) is 0.625.